The number of rotatable bonds is 6. The summed E-state index contributed by atoms with van der Waals surface area (Å²) >= 11 is 6.22. The lowest BCUT2D eigenvalue weighted by atomic mass is 10.0. The van der Waals surface area contributed by atoms with Crippen LogP contribution in [0.4, 0.5) is 0 Å². The third kappa shape index (κ3) is 3.39. The van der Waals surface area contributed by atoms with Crippen LogP contribution in [0.3, 0.4) is 0 Å². The summed E-state index contributed by atoms with van der Waals surface area (Å²) in [6, 6.07) is 6.10. The van der Waals surface area contributed by atoms with E-state index in [0.717, 1.165) is 40.7 Å². The molecular weight excluding hydrogens is 286 g/mol. The molecule has 2 aromatic rings. The number of halogens is 1. The lowest BCUT2D eigenvalue weighted by Crippen LogP contribution is -2.25. The number of ether oxygens (including phenoxy) is 1. The first-order valence-corrected chi connectivity index (χ1v) is 7.58. The molecule has 5 heteroatoms. The maximum absolute atomic E-state index is 6.22. The van der Waals surface area contributed by atoms with Gasteiger partial charge in [-0.1, -0.05) is 24.6 Å². The van der Waals surface area contributed by atoms with Gasteiger partial charge in [0.2, 0.25) is 0 Å². The van der Waals surface area contributed by atoms with Gasteiger partial charge in [-0.2, -0.15) is 5.10 Å². The fraction of sp³-hybridized carbons (Fsp3) is 0.438. The smallest absolute Gasteiger partial charge is 0.161 e. The van der Waals surface area contributed by atoms with Crippen LogP contribution in [0, 0.1) is 6.92 Å². The molecule has 0 amide bonds. The minimum atomic E-state index is 0.00444. The van der Waals surface area contributed by atoms with Gasteiger partial charge < -0.3 is 10.1 Å². The van der Waals surface area contributed by atoms with Gasteiger partial charge in [-0.15, -0.1) is 0 Å². The number of nitrogens with zero attached hydrogens (tertiary/aromatic N) is 2. The Morgan fingerprint density at radius 2 is 2.10 bits per heavy atom. The molecule has 1 atom stereocenters. The van der Waals surface area contributed by atoms with Crippen molar-refractivity contribution < 1.29 is 4.74 Å². The Hall–Kier alpha value is -1.52. The van der Waals surface area contributed by atoms with Crippen LogP contribution in [-0.2, 0) is 6.54 Å². The standard InChI is InChI=1S/C16H22ClN3O/c1-5-18-15(12-7-11(3)8-13(17)9-12)16-14(21-4)10-19-20(16)6-2/h7-10,15,18H,5-6H2,1-4H3. The van der Waals surface area contributed by atoms with Crippen molar-refractivity contribution in [3.63, 3.8) is 0 Å². The highest BCUT2D eigenvalue weighted by molar-refractivity contribution is 6.30. The van der Waals surface area contributed by atoms with E-state index in [9.17, 15) is 0 Å². The van der Waals surface area contributed by atoms with E-state index in [1.54, 1.807) is 13.3 Å². The molecular formula is C16H22ClN3O. The number of benzene rings is 1. The van der Waals surface area contributed by atoms with Crippen molar-refractivity contribution >= 4 is 11.6 Å². The van der Waals surface area contributed by atoms with Crippen molar-refractivity contribution in [1.82, 2.24) is 15.1 Å². The average Bonchev–Trinajstić information content (AvgIpc) is 2.86. The SMILES string of the molecule is CCNC(c1cc(C)cc(Cl)c1)c1c(OC)cnn1CC. The van der Waals surface area contributed by atoms with Crippen LogP contribution >= 0.6 is 11.6 Å². The molecule has 1 unspecified atom stereocenters. The number of aromatic nitrogens is 2. The third-order valence-corrected chi connectivity index (χ3v) is 3.66. The van der Waals surface area contributed by atoms with Gasteiger partial charge in [0.15, 0.2) is 5.75 Å². The summed E-state index contributed by atoms with van der Waals surface area (Å²) in [5.41, 5.74) is 3.29. The summed E-state index contributed by atoms with van der Waals surface area (Å²) in [5.74, 6) is 0.792. The van der Waals surface area contributed by atoms with E-state index in [0.29, 0.717) is 0 Å². The Balaban J connectivity index is 2.55. The number of hydrogen-bond donors (Lipinski definition) is 1. The number of nitrogens with one attached hydrogen (secondary N) is 1. The van der Waals surface area contributed by atoms with E-state index in [2.05, 4.69) is 30.3 Å². The molecule has 2 rings (SSSR count). The van der Waals surface area contributed by atoms with E-state index in [1.807, 2.05) is 23.7 Å². The maximum Gasteiger partial charge on any atom is 0.161 e. The summed E-state index contributed by atoms with van der Waals surface area (Å²) in [5, 5.41) is 8.65. The van der Waals surface area contributed by atoms with E-state index >= 15 is 0 Å². The third-order valence-electron chi connectivity index (χ3n) is 3.44. The zero-order valence-corrected chi connectivity index (χ0v) is 13.7. The molecule has 21 heavy (non-hydrogen) atoms. The second kappa shape index (κ2) is 6.96. The molecule has 1 aromatic carbocycles. The first-order chi connectivity index (χ1) is 10.1. The molecule has 4 nitrogen and oxygen atoms in total. The molecule has 1 aromatic heterocycles. The highest BCUT2D eigenvalue weighted by atomic mass is 35.5. The van der Waals surface area contributed by atoms with Gasteiger partial charge in [-0.25, -0.2) is 0 Å². The molecule has 0 aliphatic heterocycles. The highest BCUT2D eigenvalue weighted by Gasteiger charge is 2.23. The van der Waals surface area contributed by atoms with Crippen molar-refractivity contribution in [1.29, 1.82) is 0 Å². The van der Waals surface area contributed by atoms with Crippen molar-refractivity contribution in [3.8, 4) is 5.75 Å². The van der Waals surface area contributed by atoms with Crippen LogP contribution in [0.2, 0.25) is 5.02 Å². The molecule has 114 valence electrons. The predicted molar refractivity (Wildman–Crippen MR) is 86.2 cm³/mol. The summed E-state index contributed by atoms with van der Waals surface area (Å²) in [7, 11) is 1.67. The quantitative estimate of drug-likeness (QED) is 0.886. The van der Waals surface area contributed by atoms with E-state index in [-0.39, 0.29) is 6.04 Å². The topological polar surface area (TPSA) is 39.1 Å². The Bertz CT molecular complexity index is 568. The normalized spacial score (nSPS) is 12.4. The van der Waals surface area contributed by atoms with Crippen molar-refractivity contribution in [2.24, 2.45) is 0 Å². The maximum atomic E-state index is 6.22. The van der Waals surface area contributed by atoms with Gasteiger partial charge in [0.25, 0.3) is 0 Å². The summed E-state index contributed by atoms with van der Waals surface area (Å²) in [6.45, 7) is 7.84. The molecule has 1 heterocycles. The van der Waals surface area contributed by atoms with Crippen LogP contribution in [-0.4, -0.2) is 23.4 Å². The fourth-order valence-corrected chi connectivity index (χ4v) is 2.88. The van der Waals surface area contributed by atoms with Crippen LogP contribution in [0.5, 0.6) is 5.75 Å². The lowest BCUT2D eigenvalue weighted by Gasteiger charge is -2.21. The predicted octanol–water partition coefficient (Wildman–Crippen LogP) is 3.57. The lowest BCUT2D eigenvalue weighted by molar-refractivity contribution is 0.399. The fourth-order valence-electron chi connectivity index (χ4n) is 2.59. The second-order valence-electron chi connectivity index (χ2n) is 4.97. The Morgan fingerprint density at radius 1 is 1.33 bits per heavy atom. The van der Waals surface area contributed by atoms with Crippen molar-refractivity contribution in [3.05, 3.63) is 46.2 Å². The molecule has 0 aliphatic rings. The zero-order chi connectivity index (χ0) is 15.4. The molecule has 0 fully saturated rings. The molecule has 0 bridgehead atoms. The van der Waals surface area contributed by atoms with Crippen molar-refractivity contribution in [2.45, 2.75) is 33.4 Å². The minimum Gasteiger partial charge on any atom is -0.493 e. The van der Waals surface area contributed by atoms with Crippen LogP contribution in [0.25, 0.3) is 0 Å². The molecule has 0 saturated heterocycles. The molecule has 0 saturated carbocycles. The van der Waals surface area contributed by atoms with Gasteiger partial charge in [0, 0.05) is 11.6 Å². The van der Waals surface area contributed by atoms with E-state index < -0.39 is 0 Å². The number of hydrogen-bond acceptors (Lipinski definition) is 3. The van der Waals surface area contributed by atoms with Crippen LogP contribution < -0.4 is 10.1 Å². The average molecular weight is 308 g/mol. The van der Waals surface area contributed by atoms with Gasteiger partial charge in [-0.05, 0) is 43.7 Å². The molecule has 0 radical (unpaired) electrons. The number of methoxy groups -OCH3 is 1. The Kier molecular flexibility index (Phi) is 5.26. The van der Waals surface area contributed by atoms with Gasteiger partial charge in [0.05, 0.1) is 19.3 Å². The Morgan fingerprint density at radius 3 is 2.67 bits per heavy atom. The molecule has 1 N–H and O–H groups in total. The number of aryl methyl sites for hydroxylation is 2. The van der Waals surface area contributed by atoms with Crippen molar-refractivity contribution in [2.75, 3.05) is 13.7 Å². The largest absolute Gasteiger partial charge is 0.493 e. The van der Waals surface area contributed by atoms with Crippen LogP contribution in [0.1, 0.15) is 36.7 Å². The molecule has 0 aliphatic carbocycles. The van der Waals surface area contributed by atoms with Gasteiger partial charge in [-0.3, -0.25) is 4.68 Å². The first-order valence-electron chi connectivity index (χ1n) is 7.20. The summed E-state index contributed by atoms with van der Waals surface area (Å²) in [6.07, 6.45) is 1.76. The van der Waals surface area contributed by atoms with Gasteiger partial charge in [0.1, 0.15) is 5.69 Å². The minimum absolute atomic E-state index is 0.00444. The summed E-state index contributed by atoms with van der Waals surface area (Å²) in [4.78, 5) is 0. The monoisotopic (exact) mass is 307 g/mol. The Labute approximate surface area is 131 Å². The van der Waals surface area contributed by atoms with Gasteiger partial charge >= 0.3 is 0 Å². The zero-order valence-electron chi connectivity index (χ0n) is 13.0. The van der Waals surface area contributed by atoms with Crippen LogP contribution in [0.15, 0.2) is 24.4 Å². The second-order valence-corrected chi connectivity index (χ2v) is 5.40. The van der Waals surface area contributed by atoms with E-state index in [1.165, 1.54) is 0 Å². The van der Waals surface area contributed by atoms with E-state index in [4.69, 9.17) is 16.3 Å². The highest BCUT2D eigenvalue weighted by Crippen LogP contribution is 2.31. The molecule has 0 spiro atoms. The summed E-state index contributed by atoms with van der Waals surface area (Å²) < 4.78 is 7.44. The first kappa shape index (κ1) is 15.9.